The van der Waals surface area contributed by atoms with Gasteiger partial charge in [0.2, 0.25) is 11.8 Å². The Hall–Kier alpha value is -2.05. The number of carbonyl (C=O) groups excluding carboxylic acids is 1. The van der Waals surface area contributed by atoms with Crippen LogP contribution in [0.5, 0.6) is 5.88 Å². The minimum absolute atomic E-state index is 0.0702. The molecule has 124 valence electrons. The summed E-state index contributed by atoms with van der Waals surface area (Å²) in [6, 6.07) is 1.72. The third-order valence-electron chi connectivity index (χ3n) is 2.29. The van der Waals surface area contributed by atoms with E-state index >= 15 is 0 Å². The SMILES string of the molecule is CC(C)Oc1ccnc(NCCCNC(=O)OC(C)(C)C)n1. The summed E-state index contributed by atoms with van der Waals surface area (Å²) in [5, 5.41) is 5.78. The first-order chi connectivity index (χ1) is 10.3. The number of alkyl carbamates (subject to hydrolysis) is 1. The van der Waals surface area contributed by atoms with Gasteiger partial charge in [-0.05, 0) is 41.0 Å². The van der Waals surface area contributed by atoms with Crippen LogP contribution in [0.4, 0.5) is 10.7 Å². The van der Waals surface area contributed by atoms with Gasteiger partial charge in [0.05, 0.1) is 6.10 Å². The van der Waals surface area contributed by atoms with E-state index in [2.05, 4.69) is 20.6 Å². The molecule has 0 saturated carbocycles. The highest BCUT2D eigenvalue weighted by atomic mass is 16.6. The van der Waals surface area contributed by atoms with E-state index in [1.54, 1.807) is 12.3 Å². The number of anilines is 1. The van der Waals surface area contributed by atoms with Gasteiger partial charge in [0.1, 0.15) is 5.60 Å². The zero-order valence-corrected chi connectivity index (χ0v) is 14.0. The number of hydrogen-bond donors (Lipinski definition) is 2. The zero-order valence-electron chi connectivity index (χ0n) is 14.0. The molecule has 7 heteroatoms. The molecule has 0 aromatic carbocycles. The van der Waals surface area contributed by atoms with E-state index in [1.165, 1.54) is 0 Å². The largest absolute Gasteiger partial charge is 0.475 e. The van der Waals surface area contributed by atoms with E-state index in [1.807, 2.05) is 34.6 Å². The molecule has 1 aromatic rings. The summed E-state index contributed by atoms with van der Waals surface area (Å²) in [4.78, 5) is 19.8. The second-order valence-electron chi connectivity index (χ2n) is 6.09. The minimum Gasteiger partial charge on any atom is -0.475 e. The summed E-state index contributed by atoms with van der Waals surface area (Å²) >= 11 is 0. The van der Waals surface area contributed by atoms with Crippen LogP contribution in [0, 0.1) is 0 Å². The van der Waals surface area contributed by atoms with Crippen LogP contribution in [0.2, 0.25) is 0 Å². The van der Waals surface area contributed by atoms with Gasteiger partial charge >= 0.3 is 6.09 Å². The van der Waals surface area contributed by atoms with Crippen LogP contribution < -0.4 is 15.4 Å². The predicted molar refractivity (Wildman–Crippen MR) is 85.1 cm³/mol. The Morgan fingerprint density at radius 3 is 2.68 bits per heavy atom. The fourth-order valence-electron chi connectivity index (χ4n) is 1.53. The molecule has 2 N–H and O–H groups in total. The van der Waals surface area contributed by atoms with Crippen molar-refractivity contribution >= 4 is 12.0 Å². The highest BCUT2D eigenvalue weighted by Gasteiger charge is 2.15. The molecule has 0 unspecified atom stereocenters. The molecule has 0 aliphatic heterocycles. The first-order valence-electron chi connectivity index (χ1n) is 7.47. The average Bonchev–Trinajstić information content (AvgIpc) is 2.35. The monoisotopic (exact) mass is 310 g/mol. The van der Waals surface area contributed by atoms with E-state index in [0.29, 0.717) is 24.9 Å². The van der Waals surface area contributed by atoms with Crippen molar-refractivity contribution in [2.75, 3.05) is 18.4 Å². The molecular weight excluding hydrogens is 284 g/mol. The predicted octanol–water partition coefficient (Wildman–Crippen LogP) is 2.59. The van der Waals surface area contributed by atoms with Gasteiger partial charge in [-0.1, -0.05) is 0 Å². The summed E-state index contributed by atoms with van der Waals surface area (Å²) in [5.41, 5.74) is -0.479. The smallest absolute Gasteiger partial charge is 0.407 e. The summed E-state index contributed by atoms with van der Waals surface area (Å²) in [7, 11) is 0. The molecular formula is C15H26N4O3. The Balaban J connectivity index is 2.23. The molecule has 1 rings (SSSR count). The Kier molecular flexibility index (Phi) is 6.88. The van der Waals surface area contributed by atoms with Crippen LogP contribution in [0.3, 0.4) is 0 Å². The van der Waals surface area contributed by atoms with Crippen molar-refractivity contribution in [2.45, 2.75) is 52.7 Å². The zero-order chi connectivity index (χ0) is 16.6. The maximum atomic E-state index is 11.4. The van der Waals surface area contributed by atoms with Crippen LogP contribution in [0.1, 0.15) is 41.0 Å². The van der Waals surface area contributed by atoms with Crippen molar-refractivity contribution in [3.63, 3.8) is 0 Å². The van der Waals surface area contributed by atoms with Crippen molar-refractivity contribution in [1.82, 2.24) is 15.3 Å². The van der Waals surface area contributed by atoms with Gasteiger partial charge < -0.3 is 20.1 Å². The third-order valence-corrected chi connectivity index (χ3v) is 2.29. The van der Waals surface area contributed by atoms with E-state index in [9.17, 15) is 4.79 Å². The molecule has 0 saturated heterocycles. The number of nitrogens with one attached hydrogen (secondary N) is 2. The standard InChI is InChI=1S/C15H26N4O3/c1-11(2)21-12-7-10-17-13(19-12)16-8-6-9-18-14(20)22-15(3,4)5/h7,10-11H,6,8-9H2,1-5H3,(H,18,20)(H,16,17,19). The van der Waals surface area contributed by atoms with Crippen LogP contribution in [-0.4, -0.2) is 40.9 Å². The van der Waals surface area contributed by atoms with Crippen LogP contribution in [0.25, 0.3) is 0 Å². The fraction of sp³-hybridized carbons (Fsp3) is 0.667. The molecule has 0 aliphatic rings. The van der Waals surface area contributed by atoms with Gasteiger partial charge in [-0.25, -0.2) is 9.78 Å². The lowest BCUT2D eigenvalue weighted by Gasteiger charge is -2.19. The number of carbonyl (C=O) groups is 1. The first kappa shape index (κ1) is 18.0. The highest BCUT2D eigenvalue weighted by Crippen LogP contribution is 2.10. The van der Waals surface area contributed by atoms with Gasteiger partial charge in [0.25, 0.3) is 0 Å². The van der Waals surface area contributed by atoms with Gasteiger partial charge in [0, 0.05) is 25.4 Å². The van der Waals surface area contributed by atoms with Gasteiger partial charge in [0.15, 0.2) is 0 Å². The van der Waals surface area contributed by atoms with Crippen molar-refractivity contribution in [3.05, 3.63) is 12.3 Å². The highest BCUT2D eigenvalue weighted by molar-refractivity contribution is 5.67. The number of ether oxygens (including phenoxy) is 2. The molecule has 1 heterocycles. The molecule has 0 radical (unpaired) electrons. The molecule has 0 fully saturated rings. The summed E-state index contributed by atoms with van der Waals surface area (Å²) in [6.07, 6.45) is 2.04. The normalized spacial score (nSPS) is 11.2. The topological polar surface area (TPSA) is 85.4 Å². The molecule has 1 amide bonds. The molecule has 0 aliphatic carbocycles. The van der Waals surface area contributed by atoms with Crippen LogP contribution in [0.15, 0.2) is 12.3 Å². The molecule has 22 heavy (non-hydrogen) atoms. The third kappa shape index (κ3) is 8.28. The maximum Gasteiger partial charge on any atom is 0.407 e. The Bertz CT molecular complexity index is 472. The van der Waals surface area contributed by atoms with Crippen molar-refractivity contribution in [1.29, 1.82) is 0 Å². The van der Waals surface area contributed by atoms with Gasteiger partial charge in [-0.2, -0.15) is 4.98 Å². The van der Waals surface area contributed by atoms with E-state index in [4.69, 9.17) is 9.47 Å². The number of amides is 1. The first-order valence-corrected chi connectivity index (χ1v) is 7.47. The Labute approximate surface area is 131 Å². The van der Waals surface area contributed by atoms with E-state index in [-0.39, 0.29) is 6.10 Å². The second-order valence-corrected chi connectivity index (χ2v) is 6.09. The lowest BCUT2D eigenvalue weighted by molar-refractivity contribution is 0.0528. The van der Waals surface area contributed by atoms with Crippen molar-refractivity contribution in [2.24, 2.45) is 0 Å². The summed E-state index contributed by atoms with van der Waals surface area (Å²) < 4.78 is 10.6. The Morgan fingerprint density at radius 2 is 2.05 bits per heavy atom. The molecule has 1 aromatic heterocycles. The summed E-state index contributed by atoms with van der Waals surface area (Å²) in [5.74, 6) is 1.05. The lowest BCUT2D eigenvalue weighted by atomic mass is 10.2. The lowest BCUT2D eigenvalue weighted by Crippen LogP contribution is -2.33. The quantitative estimate of drug-likeness (QED) is 0.753. The van der Waals surface area contributed by atoms with Gasteiger partial charge in [-0.15, -0.1) is 0 Å². The number of nitrogens with zero attached hydrogens (tertiary/aromatic N) is 2. The van der Waals surface area contributed by atoms with Crippen LogP contribution >= 0.6 is 0 Å². The molecule has 0 spiro atoms. The van der Waals surface area contributed by atoms with E-state index < -0.39 is 11.7 Å². The van der Waals surface area contributed by atoms with Crippen molar-refractivity contribution < 1.29 is 14.3 Å². The van der Waals surface area contributed by atoms with Gasteiger partial charge in [-0.3, -0.25) is 0 Å². The Morgan fingerprint density at radius 1 is 1.32 bits per heavy atom. The maximum absolute atomic E-state index is 11.4. The second kappa shape index (κ2) is 8.41. The molecule has 0 bridgehead atoms. The average molecular weight is 310 g/mol. The number of aromatic nitrogens is 2. The van der Waals surface area contributed by atoms with E-state index in [0.717, 1.165) is 6.42 Å². The summed E-state index contributed by atoms with van der Waals surface area (Å²) in [6.45, 7) is 10.5. The molecule has 0 atom stereocenters. The minimum atomic E-state index is -0.479. The molecule has 7 nitrogen and oxygen atoms in total. The van der Waals surface area contributed by atoms with Crippen LogP contribution in [-0.2, 0) is 4.74 Å². The number of hydrogen-bond acceptors (Lipinski definition) is 6. The van der Waals surface area contributed by atoms with Crippen molar-refractivity contribution in [3.8, 4) is 5.88 Å². The number of rotatable bonds is 7. The fourth-order valence-corrected chi connectivity index (χ4v) is 1.53.